The minimum absolute atomic E-state index is 0.763. The van der Waals surface area contributed by atoms with Crippen LogP contribution >= 0.6 is 11.3 Å². The van der Waals surface area contributed by atoms with Crippen molar-refractivity contribution in [3.8, 4) is 0 Å². The number of benzene rings is 1. The summed E-state index contributed by atoms with van der Waals surface area (Å²) in [6, 6.07) is 13.1. The second-order valence-corrected chi connectivity index (χ2v) is 7.30. The van der Waals surface area contributed by atoms with E-state index in [1.165, 1.54) is 21.0 Å². The molecule has 1 aliphatic heterocycles. The first-order valence-corrected chi connectivity index (χ1v) is 9.61. The summed E-state index contributed by atoms with van der Waals surface area (Å²) in [7, 11) is 1.81. The first-order chi connectivity index (χ1) is 12.3. The Labute approximate surface area is 154 Å². The average Bonchev–Trinajstić information content (AvgIpc) is 3.34. The van der Waals surface area contributed by atoms with E-state index in [0.29, 0.717) is 0 Å². The van der Waals surface area contributed by atoms with Crippen molar-refractivity contribution in [1.82, 2.24) is 10.6 Å². The lowest BCUT2D eigenvalue weighted by atomic mass is 10.2. The van der Waals surface area contributed by atoms with Crippen LogP contribution in [0.2, 0.25) is 0 Å². The topological polar surface area (TPSA) is 39.7 Å². The van der Waals surface area contributed by atoms with Gasteiger partial charge in [-0.1, -0.05) is 31.2 Å². The molecule has 0 bridgehead atoms. The molecular formula is C20H26N4S. The Hall–Kier alpha value is -2.27. The molecule has 1 aromatic carbocycles. The van der Waals surface area contributed by atoms with Crippen LogP contribution in [0.25, 0.3) is 0 Å². The Morgan fingerprint density at radius 1 is 1.08 bits per heavy atom. The molecule has 2 aromatic rings. The molecule has 1 aromatic heterocycles. The highest BCUT2D eigenvalue weighted by Gasteiger charge is 2.08. The zero-order valence-corrected chi connectivity index (χ0v) is 15.8. The molecule has 0 unspecified atom stereocenters. The van der Waals surface area contributed by atoms with Gasteiger partial charge in [0.2, 0.25) is 0 Å². The third-order valence-electron chi connectivity index (χ3n) is 4.27. The molecular weight excluding hydrogens is 328 g/mol. The maximum atomic E-state index is 4.32. The van der Waals surface area contributed by atoms with Crippen molar-refractivity contribution in [3.63, 3.8) is 0 Å². The van der Waals surface area contributed by atoms with Gasteiger partial charge >= 0.3 is 0 Å². The van der Waals surface area contributed by atoms with E-state index < -0.39 is 0 Å². The van der Waals surface area contributed by atoms with Crippen LogP contribution in [0.3, 0.4) is 0 Å². The van der Waals surface area contributed by atoms with E-state index in [9.17, 15) is 0 Å². The maximum Gasteiger partial charge on any atom is 0.191 e. The van der Waals surface area contributed by atoms with Crippen LogP contribution in [0.4, 0.5) is 5.69 Å². The molecule has 1 aliphatic rings. The van der Waals surface area contributed by atoms with Crippen molar-refractivity contribution in [2.24, 2.45) is 4.99 Å². The zero-order valence-electron chi connectivity index (χ0n) is 15.0. The molecule has 2 N–H and O–H groups in total. The summed E-state index contributed by atoms with van der Waals surface area (Å²) < 4.78 is 0. The summed E-state index contributed by atoms with van der Waals surface area (Å²) in [4.78, 5) is 9.44. The van der Waals surface area contributed by atoms with Gasteiger partial charge in [0.05, 0.1) is 6.54 Å². The van der Waals surface area contributed by atoms with Gasteiger partial charge in [-0.2, -0.15) is 0 Å². The number of hydrogen-bond acceptors (Lipinski definition) is 3. The van der Waals surface area contributed by atoms with Gasteiger partial charge in [0.1, 0.15) is 0 Å². The van der Waals surface area contributed by atoms with Crippen LogP contribution in [0.15, 0.2) is 53.5 Å². The molecule has 0 radical (unpaired) electrons. The largest absolute Gasteiger partial charge is 0.364 e. The number of hydrogen-bond donors (Lipinski definition) is 2. The number of guanidine groups is 1. The predicted molar refractivity (Wildman–Crippen MR) is 109 cm³/mol. The molecule has 4 nitrogen and oxygen atoms in total. The highest BCUT2D eigenvalue weighted by atomic mass is 32.1. The first kappa shape index (κ1) is 17.5. The van der Waals surface area contributed by atoms with E-state index in [4.69, 9.17) is 0 Å². The molecule has 132 valence electrons. The maximum absolute atomic E-state index is 4.32. The minimum atomic E-state index is 0.763. The van der Waals surface area contributed by atoms with Crippen LogP contribution in [-0.2, 0) is 19.5 Å². The van der Waals surface area contributed by atoms with Crippen LogP contribution in [0, 0.1) is 0 Å². The fraction of sp³-hybridized carbons (Fsp3) is 0.350. The Balaban J connectivity index is 1.51. The summed E-state index contributed by atoms with van der Waals surface area (Å²) in [6.07, 6.45) is 5.52. The van der Waals surface area contributed by atoms with Crippen molar-refractivity contribution < 1.29 is 0 Å². The number of aryl methyl sites for hydroxylation is 1. The molecule has 0 atom stereocenters. The lowest BCUT2D eigenvalue weighted by Gasteiger charge is -2.19. The monoisotopic (exact) mass is 354 g/mol. The Bertz CT molecular complexity index is 740. The van der Waals surface area contributed by atoms with Crippen LogP contribution < -0.4 is 15.5 Å². The number of anilines is 1. The van der Waals surface area contributed by atoms with Gasteiger partial charge in [0.25, 0.3) is 0 Å². The van der Waals surface area contributed by atoms with Gasteiger partial charge in [-0.15, -0.1) is 11.3 Å². The van der Waals surface area contributed by atoms with Gasteiger partial charge in [-0.25, -0.2) is 0 Å². The molecule has 3 rings (SSSR count). The number of nitrogens with zero attached hydrogens (tertiary/aromatic N) is 2. The third kappa shape index (κ3) is 4.86. The lowest BCUT2D eigenvalue weighted by Crippen LogP contribution is -2.36. The second kappa shape index (κ2) is 8.72. The normalized spacial score (nSPS) is 14.2. The highest BCUT2D eigenvalue weighted by Crippen LogP contribution is 2.18. The lowest BCUT2D eigenvalue weighted by molar-refractivity contribution is 0.815. The molecule has 2 heterocycles. The van der Waals surface area contributed by atoms with Gasteiger partial charge in [-0.3, -0.25) is 4.99 Å². The van der Waals surface area contributed by atoms with Crippen molar-refractivity contribution in [2.75, 3.05) is 25.0 Å². The van der Waals surface area contributed by atoms with Crippen LogP contribution in [0.5, 0.6) is 0 Å². The van der Waals surface area contributed by atoms with Gasteiger partial charge in [0, 0.05) is 42.1 Å². The van der Waals surface area contributed by atoms with E-state index in [-0.39, 0.29) is 0 Å². The van der Waals surface area contributed by atoms with Crippen LogP contribution in [-0.4, -0.2) is 26.1 Å². The quantitative estimate of drug-likeness (QED) is 0.473. The Morgan fingerprint density at radius 3 is 2.56 bits per heavy atom. The fourth-order valence-electron chi connectivity index (χ4n) is 2.84. The van der Waals surface area contributed by atoms with E-state index in [2.05, 4.69) is 76.0 Å². The van der Waals surface area contributed by atoms with Crippen LogP contribution in [0.1, 0.15) is 22.2 Å². The molecule has 0 saturated heterocycles. The summed E-state index contributed by atoms with van der Waals surface area (Å²) in [5.74, 6) is 0.833. The minimum Gasteiger partial charge on any atom is -0.364 e. The fourth-order valence-corrected chi connectivity index (χ4v) is 3.73. The summed E-state index contributed by atoms with van der Waals surface area (Å²) >= 11 is 1.86. The van der Waals surface area contributed by atoms with E-state index in [0.717, 1.165) is 38.6 Å². The predicted octanol–water partition coefficient (Wildman–Crippen LogP) is 3.55. The number of nitrogens with one attached hydrogen (secondary N) is 2. The summed E-state index contributed by atoms with van der Waals surface area (Å²) in [5.41, 5.74) is 2.54. The van der Waals surface area contributed by atoms with Crippen molar-refractivity contribution in [2.45, 2.75) is 26.4 Å². The number of rotatable bonds is 6. The molecule has 0 spiro atoms. The molecule has 25 heavy (non-hydrogen) atoms. The Kier molecular flexibility index (Phi) is 6.12. The third-order valence-corrected chi connectivity index (χ3v) is 5.50. The first-order valence-electron chi connectivity index (χ1n) is 8.79. The van der Waals surface area contributed by atoms with Gasteiger partial charge in [-0.05, 0) is 36.2 Å². The number of thiophene rings is 1. The van der Waals surface area contributed by atoms with Crippen molar-refractivity contribution in [3.05, 3.63) is 63.9 Å². The average molecular weight is 355 g/mol. The van der Waals surface area contributed by atoms with Gasteiger partial charge < -0.3 is 15.5 Å². The summed E-state index contributed by atoms with van der Waals surface area (Å²) in [5, 5.41) is 6.80. The molecule has 0 saturated carbocycles. The zero-order chi connectivity index (χ0) is 17.5. The molecule has 0 aliphatic carbocycles. The molecule has 5 heteroatoms. The number of aliphatic imine (C=N–C) groups is 1. The summed E-state index contributed by atoms with van der Waals surface area (Å²) in [6.45, 7) is 5.76. The second-order valence-electron chi connectivity index (χ2n) is 6.05. The smallest absolute Gasteiger partial charge is 0.191 e. The van der Waals surface area contributed by atoms with Gasteiger partial charge in [0.15, 0.2) is 5.96 Å². The Morgan fingerprint density at radius 2 is 1.84 bits per heavy atom. The SMILES string of the molecule is CCc1ccc(CNC(=NC)NCc2cccc(N3CC=CC3)c2)s1. The van der Waals surface area contributed by atoms with E-state index in [1.807, 2.05) is 18.4 Å². The van der Waals surface area contributed by atoms with Crippen molar-refractivity contribution >= 4 is 23.0 Å². The van der Waals surface area contributed by atoms with E-state index in [1.54, 1.807) is 0 Å². The highest BCUT2D eigenvalue weighted by molar-refractivity contribution is 7.11. The van der Waals surface area contributed by atoms with Crippen molar-refractivity contribution in [1.29, 1.82) is 0 Å². The molecule has 0 fully saturated rings. The van der Waals surface area contributed by atoms with E-state index >= 15 is 0 Å². The molecule has 0 amide bonds. The standard InChI is InChI=1S/C20H26N4S/c1-3-18-9-10-19(25-18)15-23-20(21-2)22-14-16-7-6-8-17(13-16)24-11-4-5-12-24/h4-10,13H,3,11-12,14-15H2,1-2H3,(H2,21,22,23).